The van der Waals surface area contributed by atoms with E-state index in [4.69, 9.17) is 9.15 Å². The Labute approximate surface area is 122 Å². The highest BCUT2D eigenvalue weighted by Gasteiger charge is 2.30. The molecule has 2 N–H and O–H groups in total. The Morgan fingerprint density at radius 3 is 3.00 bits per heavy atom. The molecule has 1 aliphatic heterocycles. The minimum atomic E-state index is -1.24. The molecular formula is C16H19NO4. The molecule has 0 saturated carbocycles. The molecule has 2 aromatic rings. The highest BCUT2D eigenvalue weighted by molar-refractivity contribution is 5.79. The lowest BCUT2D eigenvalue weighted by Crippen LogP contribution is -2.41. The Morgan fingerprint density at radius 2 is 2.29 bits per heavy atom. The number of carbonyl (C=O) groups is 1. The Kier molecular flexibility index (Phi) is 3.69. The molecule has 1 fully saturated rings. The molecular weight excluding hydrogens is 270 g/mol. The molecule has 2 atom stereocenters. The second-order valence-electron chi connectivity index (χ2n) is 5.70. The van der Waals surface area contributed by atoms with E-state index in [1.54, 1.807) is 13.0 Å². The predicted octanol–water partition coefficient (Wildman–Crippen LogP) is 1.79. The van der Waals surface area contributed by atoms with E-state index in [1.165, 1.54) is 0 Å². The molecule has 5 nitrogen and oxygen atoms in total. The van der Waals surface area contributed by atoms with Crippen molar-refractivity contribution in [1.82, 2.24) is 5.32 Å². The summed E-state index contributed by atoms with van der Waals surface area (Å²) in [6, 6.07) is 9.38. The van der Waals surface area contributed by atoms with Gasteiger partial charge in [-0.2, -0.15) is 0 Å². The van der Waals surface area contributed by atoms with Crippen LogP contribution in [0, 0.1) is 5.92 Å². The van der Waals surface area contributed by atoms with Crippen molar-refractivity contribution in [1.29, 1.82) is 0 Å². The SMILES string of the molecule is CC(O)(CNC(=O)C1CCOC1)c1cc2ccccc2o1. The number of furan rings is 1. The van der Waals surface area contributed by atoms with Gasteiger partial charge in [-0.25, -0.2) is 0 Å². The number of aliphatic hydroxyl groups is 1. The summed E-state index contributed by atoms with van der Waals surface area (Å²) < 4.78 is 10.9. The highest BCUT2D eigenvalue weighted by Crippen LogP contribution is 2.27. The summed E-state index contributed by atoms with van der Waals surface area (Å²) in [5, 5.41) is 14.3. The fourth-order valence-electron chi connectivity index (χ4n) is 2.48. The van der Waals surface area contributed by atoms with E-state index < -0.39 is 5.60 Å². The third-order valence-corrected chi connectivity index (χ3v) is 3.86. The van der Waals surface area contributed by atoms with Crippen LogP contribution < -0.4 is 5.32 Å². The highest BCUT2D eigenvalue weighted by atomic mass is 16.5. The van der Waals surface area contributed by atoms with Gasteiger partial charge in [-0.1, -0.05) is 18.2 Å². The van der Waals surface area contributed by atoms with Crippen molar-refractivity contribution < 1.29 is 19.1 Å². The predicted molar refractivity (Wildman–Crippen MR) is 77.7 cm³/mol. The second-order valence-corrected chi connectivity index (χ2v) is 5.70. The minimum Gasteiger partial charge on any atom is -0.458 e. The van der Waals surface area contributed by atoms with E-state index in [9.17, 15) is 9.90 Å². The van der Waals surface area contributed by atoms with E-state index in [0.29, 0.717) is 19.0 Å². The van der Waals surface area contributed by atoms with E-state index in [-0.39, 0.29) is 18.4 Å². The quantitative estimate of drug-likeness (QED) is 0.900. The molecule has 5 heteroatoms. The minimum absolute atomic E-state index is 0.0797. The van der Waals surface area contributed by atoms with Gasteiger partial charge < -0.3 is 19.6 Å². The van der Waals surface area contributed by atoms with E-state index >= 15 is 0 Å². The Balaban J connectivity index is 1.69. The number of amides is 1. The van der Waals surface area contributed by atoms with Crippen LogP contribution in [0.4, 0.5) is 0 Å². The van der Waals surface area contributed by atoms with Crippen molar-refractivity contribution in [3.63, 3.8) is 0 Å². The van der Waals surface area contributed by atoms with Crippen LogP contribution in [0.25, 0.3) is 11.0 Å². The number of para-hydroxylation sites is 1. The Hall–Kier alpha value is -1.85. The fraction of sp³-hybridized carbons (Fsp3) is 0.438. The van der Waals surface area contributed by atoms with Gasteiger partial charge in [0.2, 0.25) is 5.91 Å². The number of hydrogen-bond acceptors (Lipinski definition) is 4. The average molecular weight is 289 g/mol. The molecule has 1 aromatic heterocycles. The van der Waals surface area contributed by atoms with Crippen LogP contribution in [-0.4, -0.2) is 30.8 Å². The molecule has 1 saturated heterocycles. The van der Waals surface area contributed by atoms with Crippen molar-refractivity contribution in [2.75, 3.05) is 19.8 Å². The topological polar surface area (TPSA) is 71.7 Å². The van der Waals surface area contributed by atoms with Crippen LogP contribution >= 0.6 is 0 Å². The number of benzene rings is 1. The van der Waals surface area contributed by atoms with Crippen molar-refractivity contribution in [2.24, 2.45) is 5.92 Å². The molecule has 0 bridgehead atoms. The van der Waals surface area contributed by atoms with Crippen molar-refractivity contribution >= 4 is 16.9 Å². The Bertz CT molecular complexity index is 608. The number of ether oxygens (including phenoxy) is 1. The van der Waals surface area contributed by atoms with Crippen LogP contribution in [0.2, 0.25) is 0 Å². The van der Waals surface area contributed by atoms with Gasteiger partial charge in [-0.3, -0.25) is 4.79 Å². The largest absolute Gasteiger partial charge is 0.458 e. The van der Waals surface area contributed by atoms with Crippen molar-refractivity contribution in [2.45, 2.75) is 18.9 Å². The van der Waals surface area contributed by atoms with E-state index in [2.05, 4.69) is 5.32 Å². The summed E-state index contributed by atoms with van der Waals surface area (Å²) in [6.45, 7) is 2.83. The first kappa shape index (κ1) is 14.1. The van der Waals surface area contributed by atoms with Gasteiger partial charge in [0, 0.05) is 12.0 Å². The third-order valence-electron chi connectivity index (χ3n) is 3.86. The van der Waals surface area contributed by atoms with Crippen LogP contribution in [0.1, 0.15) is 19.1 Å². The molecule has 0 radical (unpaired) electrons. The molecule has 1 aliphatic rings. The number of carbonyl (C=O) groups excluding carboxylic acids is 1. The molecule has 2 unspecified atom stereocenters. The smallest absolute Gasteiger partial charge is 0.225 e. The number of nitrogens with one attached hydrogen (secondary N) is 1. The first-order valence-electron chi connectivity index (χ1n) is 7.13. The molecule has 1 amide bonds. The number of hydrogen-bond donors (Lipinski definition) is 2. The lowest BCUT2D eigenvalue weighted by Gasteiger charge is -2.22. The van der Waals surface area contributed by atoms with Crippen LogP contribution in [0.15, 0.2) is 34.7 Å². The van der Waals surface area contributed by atoms with Crippen molar-refractivity contribution in [3.8, 4) is 0 Å². The number of fused-ring (bicyclic) bond motifs is 1. The summed E-state index contributed by atoms with van der Waals surface area (Å²) in [7, 11) is 0. The van der Waals surface area contributed by atoms with Gasteiger partial charge in [-0.15, -0.1) is 0 Å². The molecule has 3 rings (SSSR count). The lowest BCUT2D eigenvalue weighted by atomic mass is 10.0. The normalized spacial score (nSPS) is 21.3. The molecule has 112 valence electrons. The van der Waals surface area contributed by atoms with E-state index in [0.717, 1.165) is 17.4 Å². The van der Waals surface area contributed by atoms with E-state index in [1.807, 2.05) is 24.3 Å². The monoisotopic (exact) mass is 289 g/mol. The van der Waals surface area contributed by atoms with Gasteiger partial charge in [0.25, 0.3) is 0 Å². The summed E-state index contributed by atoms with van der Waals surface area (Å²) in [6.07, 6.45) is 0.735. The standard InChI is InChI=1S/C16H19NO4/c1-16(19,10-17-15(18)12-6-7-20-9-12)14-8-11-4-2-3-5-13(11)21-14/h2-5,8,12,19H,6-7,9-10H2,1H3,(H,17,18). The zero-order chi connectivity index (χ0) is 14.9. The zero-order valence-electron chi connectivity index (χ0n) is 12.0. The van der Waals surface area contributed by atoms with Gasteiger partial charge >= 0.3 is 0 Å². The summed E-state index contributed by atoms with van der Waals surface area (Å²) in [5.41, 5.74) is -0.517. The van der Waals surface area contributed by atoms with Crippen LogP contribution in [0.5, 0.6) is 0 Å². The van der Waals surface area contributed by atoms with Crippen LogP contribution in [-0.2, 0) is 15.1 Å². The summed E-state index contributed by atoms with van der Waals surface area (Å²) in [4.78, 5) is 12.0. The fourth-order valence-corrected chi connectivity index (χ4v) is 2.48. The first-order chi connectivity index (χ1) is 10.1. The molecule has 21 heavy (non-hydrogen) atoms. The van der Waals surface area contributed by atoms with Gasteiger partial charge in [0.05, 0.1) is 19.1 Å². The van der Waals surface area contributed by atoms with Gasteiger partial charge in [0.1, 0.15) is 16.9 Å². The maximum Gasteiger partial charge on any atom is 0.225 e. The lowest BCUT2D eigenvalue weighted by molar-refractivity contribution is -0.126. The van der Waals surface area contributed by atoms with Gasteiger partial charge in [-0.05, 0) is 25.5 Å². The average Bonchev–Trinajstić information content (AvgIpc) is 3.13. The maximum atomic E-state index is 12.0. The third kappa shape index (κ3) is 2.94. The Morgan fingerprint density at radius 1 is 1.48 bits per heavy atom. The molecule has 2 heterocycles. The van der Waals surface area contributed by atoms with Crippen LogP contribution in [0.3, 0.4) is 0 Å². The number of rotatable bonds is 4. The second kappa shape index (κ2) is 5.50. The molecule has 1 aromatic carbocycles. The first-order valence-corrected chi connectivity index (χ1v) is 7.13. The maximum absolute atomic E-state index is 12.0. The summed E-state index contributed by atoms with van der Waals surface area (Å²) >= 11 is 0. The summed E-state index contributed by atoms with van der Waals surface area (Å²) in [5.74, 6) is 0.257. The molecule has 0 aliphatic carbocycles. The molecule has 0 spiro atoms. The zero-order valence-corrected chi connectivity index (χ0v) is 12.0. The van der Waals surface area contributed by atoms with Crippen molar-refractivity contribution in [3.05, 3.63) is 36.1 Å². The van der Waals surface area contributed by atoms with Gasteiger partial charge in [0.15, 0.2) is 0 Å².